The molecule has 108 valence electrons. The van der Waals surface area contributed by atoms with Crippen LogP contribution in [0, 0.1) is 16.7 Å². The molecule has 3 nitrogen and oxygen atoms in total. The molecule has 2 atom stereocenters. The van der Waals surface area contributed by atoms with Gasteiger partial charge in [0.05, 0.1) is 5.41 Å². The third-order valence-electron chi connectivity index (χ3n) is 4.28. The van der Waals surface area contributed by atoms with E-state index in [4.69, 9.17) is 4.74 Å². The second kappa shape index (κ2) is 5.91. The zero-order valence-electron chi connectivity index (χ0n) is 12.7. The molecule has 0 saturated heterocycles. The summed E-state index contributed by atoms with van der Waals surface area (Å²) < 4.78 is 5.18. The third-order valence-corrected chi connectivity index (χ3v) is 4.28. The summed E-state index contributed by atoms with van der Waals surface area (Å²) in [4.78, 5) is 12.0. The van der Waals surface area contributed by atoms with Gasteiger partial charge in [-0.05, 0) is 18.3 Å². The van der Waals surface area contributed by atoms with Crippen LogP contribution in [-0.2, 0) is 9.53 Å². The van der Waals surface area contributed by atoms with Crippen molar-refractivity contribution in [1.29, 1.82) is 0 Å². The molecule has 1 aliphatic rings. The number of aliphatic carboxylic acids is 1. The highest BCUT2D eigenvalue weighted by Crippen LogP contribution is 2.52. The maximum absolute atomic E-state index is 12.0. The van der Waals surface area contributed by atoms with Gasteiger partial charge in [-0.3, -0.25) is 4.79 Å². The fourth-order valence-electron chi connectivity index (χ4n) is 3.18. The van der Waals surface area contributed by atoms with Gasteiger partial charge in [0.2, 0.25) is 0 Å². The Hall–Kier alpha value is -1.09. The topological polar surface area (TPSA) is 46.5 Å². The summed E-state index contributed by atoms with van der Waals surface area (Å²) in [5.41, 5.74) is 0.00509. The minimum absolute atomic E-state index is 0.0000463. The lowest BCUT2D eigenvalue weighted by Crippen LogP contribution is -2.49. The van der Waals surface area contributed by atoms with Crippen molar-refractivity contribution in [3.8, 4) is 0 Å². The predicted octanol–water partition coefficient (Wildman–Crippen LogP) is 3.66. The highest BCUT2D eigenvalue weighted by atomic mass is 16.5. The van der Waals surface area contributed by atoms with Crippen molar-refractivity contribution >= 4 is 5.97 Å². The van der Waals surface area contributed by atoms with Crippen LogP contribution >= 0.6 is 0 Å². The second-order valence-corrected chi connectivity index (χ2v) is 6.21. The molecule has 0 aromatic carbocycles. The Kier molecular flexibility index (Phi) is 4.97. The van der Waals surface area contributed by atoms with E-state index in [-0.39, 0.29) is 11.3 Å². The van der Waals surface area contributed by atoms with Gasteiger partial charge in [0, 0.05) is 19.6 Å². The summed E-state index contributed by atoms with van der Waals surface area (Å²) in [6.45, 7) is 8.68. The van der Waals surface area contributed by atoms with E-state index in [1.807, 2.05) is 32.9 Å². The van der Waals surface area contributed by atoms with Gasteiger partial charge in [-0.25, -0.2) is 0 Å². The van der Waals surface area contributed by atoms with Crippen LogP contribution in [0.2, 0.25) is 0 Å². The number of methoxy groups -OCH3 is 1. The molecule has 0 spiro atoms. The molecule has 0 saturated carbocycles. The lowest BCUT2D eigenvalue weighted by Gasteiger charge is -2.47. The van der Waals surface area contributed by atoms with Gasteiger partial charge in [0.15, 0.2) is 0 Å². The van der Waals surface area contributed by atoms with Crippen LogP contribution in [-0.4, -0.2) is 24.8 Å². The van der Waals surface area contributed by atoms with E-state index in [9.17, 15) is 9.90 Å². The Labute approximate surface area is 116 Å². The zero-order chi connectivity index (χ0) is 14.7. The zero-order valence-corrected chi connectivity index (χ0v) is 12.7. The fraction of sp³-hybridized carbons (Fsp3) is 0.688. The van der Waals surface area contributed by atoms with E-state index in [1.165, 1.54) is 5.57 Å². The quantitative estimate of drug-likeness (QED) is 0.826. The number of carbonyl (C=O) groups is 1. The Balaban J connectivity index is 3.30. The molecule has 0 aromatic rings. The molecule has 0 aromatic heterocycles. The number of allylic oxidation sites excluding steroid dienone is 3. The Bertz CT molecular complexity index is 387. The Morgan fingerprint density at radius 3 is 2.53 bits per heavy atom. The first-order chi connectivity index (χ1) is 8.81. The van der Waals surface area contributed by atoms with E-state index in [1.54, 1.807) is 7.11 Å². The number of hydrogen-bond acceptors (Lipinski definition) is 2. The molecule has 0 aliphatic heterocycles. The molecule has 1 N–H and O–H groups in total. The predicted molar refractivity (Wildman–Crippen MR) is 77.0 cm³/mol. The molecule has 3 heteroatoms. The molecule has 1 aliphatic carbocycles. The van der Waals surface area contributed by atoms with Gasteiger partial charge in [0.25, 0.3) is 0 Å². The summed E-state index contributed by atoms with van der Waals surface area (Å²) in [5.74, 6) is -0.739. The minimum atomic E-state index is -0.856. The van der Waals surface area contributed by atoms with E-state index >= 15 is 0 Å². The first kappa shape index (κ1) is 16.0. The SMILES string of the molecule is CCC1=CC=CC(C(=O)O)(C(C)(C)C)C1CCOC. The van der Waals surface area contributed by atoms with E-state index in [2.05, 4.69) is 13.0 Å². The molecular formula is C16H26O3. The molecule has 0 heterocycles. The van der Waals surface area contributed by atoms with Crippen molar-refractivity contribution in [1.82, 2.24) is 0 Å². The molecular weight excluding hydrogens is 240 g/mol. The van der Waals surface area contributed by atoms with Gasteiger partial charge in [-0.15, -0.1) is 0 Å². The average Bonchev–Trinajstić information content (AvgIpc) is 2.33. The van der Waals surface area contributed by atoms with E-state index in [0.29, 0.717) is 6.61 Å². The summed E-state index contributed by atoms with van der Waals surface area (Å²) in [7, 11) is 1.66. The van der Waals surface area contributed by atoms with Crippen molar-refractivity contribution in [2.75, 3.05) is 13.7 Å². The largest absolute Gasteiger partial charge is 0.481 e. The molecule has 0 bridgehead atoms. The molecule has 19 heavy (non-hydrogen) atoms. The van der Waals surface area contributed by atoms with Crippen LogP contribution in [0.25, 0.3) is 0 Å². The van der Waals surface area contributed by atoms with E-state index in [0.717, 1.165) is 12.8 Å². The molecule has 1 rings (SSSR count). The van der Waals surface area contributed by atoms with Crippen LogP contribution in [0.15, 0.2) is 23.8 Å². The fourth-order valence-corrected chi connectivity index (χ4v) is 3.18. The summed E-state index contributed by atoms with van der Waals surface area (Å²) in [5, 5.41) is 9.89. The lowest BCUT2D eigenvalue weighted by atomic mass is 9.55. The maximum atomic E-state index is 12.0. The Morgan fingerprint density at radius 2 is 2.11 bits per heavy atom. The second-order valence-electron chi connectivity index (χ2n) is 6.21. The average molecular weight is 266 g/mol. The molecule has 2 unspecified atom stereocenters. The van der Waals surface area contributed by atoms with Crippen LogP contribution in [0.5, 0.6) is 0 Å². The van der Waals surface area contributed by atoms with Crippen LogP contribution in [0.1, 0.15) is 40.5 Å². The third kappa shape index (κ3) is 2.76. The van der Waals surface area contributed by atoms with Crippen molar-refractivity contribution in [3.05, 3.63) is 23.8 Å². The molecule has 0 radical (unpaired) electrons. The summed E-state index contributed by atoms with van der Waals surface area (Å²) >= 11 is 0. The molecule has 0 amide bonds. The van der Waals surface area contributed by atoms with Crippen LogP contribution < -0.4 is 0 Å². The van der Waals surface area contributed by atoms with Gasteiger partial charge in [-0.1, -0.05) is 51.5 Å². The summed E-state index contributed by atoms with van der Waals surface area (Å²) in [6.07, 6.45) is 7.46. The monoisotopic (exact) mass is 266 g/mol. The Morgan fingerprint density at radius 1 is 1.47 bits per heavy atom. The van der Waals surface area contributed by atoms with Crippen molar-refractivity contribution in [2.24, 2.45) is 16.7 Å². The molecule has 0 fully saturated rings. The van der Waals surface area contributed by atoms with Gasteiger partial charge in [-0.2, -0.15) is 0 Å². The highest BCUT2D eigenvalue weighted by Gasteiger charge is 2.53. The van der Waals surface area contributed by atoms with Crippen molar-refractivity contribution in [2.45, 2.75) is 40.5 Å². The number of carboxylic acids is 1. The van der Waals surface area contributed by atoms with Crippen LogP contribution in [0.4, 0.5) is 0 Å². The number of carboxylic acid groups (broad SMARTS) is 1. The number of hydrogen-bond donors (Lipinski definition) is 1. The van der Waals surface area contributed by atoms with Gasteiger partial charge >= 0.3 is 5.97 Å². The summed E-state index contributed by atoms with van der Waals surface area (Å²) in [6, 6.07) is 0. The van der Waals surface area contributed by atoms with Gasteiger partial charge in [0.1, 0.15) is 0 Å². The van der Waals surface area contributed by atoms with Crippen molar-refractivity contribution < 1.29 is 14.6 Å². The number of rotatable bonds is 5. The highest BCUT2D eigenvalue weighted by molar-refractivity contribution is 5.80. The minimum Gasteiger partial charge on any atom is -0.481 e. The smallest absolute Gasteiger partial charge is 0.314 e. The van der Waals surface area contributed by atoms with Gasteiger partial charge < -0.3 is 9.84 Å². The number of ether oxygens (including phenoxy) is 1. The first-order valence-electron chi connectivity index (χ1n) is 6.91. The van der Waals surface area contributed by atoms with Crippen molar-refractivity contribution in [3.63, 3.8) is 0 Å². The first-order valence-corrected chi connectivity index (χ1v) is 6.91. The standard InChI is InChI=1S/C16H26O3/c1-6-12-8-7-10-16(14(17)18,15(2,3)4)13(12)9-11-19-5/h7-8,10,13H,6,9,11H2,1-5H3,(H,17,18). The normalized spacial score (nSPS) is 27.2. The lowest BCUT2D eigenvalue weighted by molar-refractivity contribution is -0.156. The maximum Gasteiger partial charge on any atom is 0.314 e. The van der Waals surface area contributed by atoms with E-state index < -0.39 is 11.4 Å². The van der Waals surface area contributed by atoms with Crippen LogP contribution in [0.3, 0.4) is 0 Å².